The van der Waals surface area contributed by atoms with E-state index >= 15 is 0 Å². The Morgan fingerprint density at radius 2 is 2.00 bits per heavy atom. The van der Waals surface area contributed by atoms with Gasteiger partial charge in [0, 0.05) is 12.5 Å². The molecular weight excluding hydrogens is 235 g/mol. The average Bonchev–Trinajstić information content (AvgIpc) is 2.66. The maximum atomic E-state index is 12.7. The topological polar surface area (TPSA) is 55.1 Å². The lowest BCUT2D eigenvalue weighted by molar-refractivity contribution is 0.0948. The zero-order valence-corrected chi connectivity index (χ0v) is 10.2. The zero-order chi connectivity index (χ0) is 13.1. The number of nitrogens with one attached hydrogen (secondary N) is 1. The number of aromatic nitrogens is 1. The maximum Gasteiger partial charge on any atom is 0.251 e. The minimum Gasteiger partial charge on any atom is -0.444 e. The van der Waals surface area contributed by atoms with E-state index in [1.807, 2.05) is 6.92 Å². The highest BCUT2D eigenvalue weighted by atomic mass is 19.1. The Balaban J connectivity index is 2.00. The largest absolute Gasteiger partial charge is 0.444 e. The smallest absolute Gasteiger partial charge is 0.251 e. The molecule has 18 heavy (non-hydrogen) atoms. The van der Waals surface area contributed by atoms with Crippen molar-refractivity contribution >= 4 is 5.91 Å². The molecule has 5 heteroatoms. The summed E-state index contributed by atoms with van der Waals surface area (Å²) >= 11 is 0. The molecule has 0 radical (unpaired) electrons. The number of aryl methyl sites for hydroxylation is 2. The Kier molecular flexibility index (Phi) is 3.41. The number of hydrogen-bond donors (Lipinski definition) is 1. The van der Waals surface area contributed by atoms with Crippen molar-refractivity contribution in [3.63, 3.8) is 0 Å². The van der Waals surface area contributed by atoms with Crippen LogP contribution < -0.4 is 5.32 Å². The van der Waals surface area contributed by atoms with Crippen molar-refractivity contribution in [2.24, 2.45) is 0 Å². The number of carbonyl (C=O) groups excluding carboxylic acids is 1. The Labute approximate surface area is 104 Å². The summed E-state index contributed by atoms with van der Waals surface area (Å²) in [4.78, 5) is 15.9. The number of carbonyl (C=O) groups is 1. The van der Waals surface area contributed by atoms with E-state index in [0.29, 0.717) is 17.2 Å². The van der Waals surface area contributed by atoms with Gasteiger partial charge in [0.2, 0.25) is 0 Å². The molecule has 1 N–H and O–H groups in total. The van der Waals surface area contributed by atoms with Crippen LogP contribution in [0.1, 0.15) is 27.7 Å². The number of rotatable bonds is 3. The number of oxazole rings is 1. The van der Waals surface area contributed by atoms with E-state index in [2.05, 4.69) is 10.3 Å². The van der Waals surface area contributed by atoms with E-state index < -0.39 is 0 Å². The SMILES string of the molecule is Cc1nc(C)c(CNC(=O)c2ccc(F)cc2)o1. The van der Waals surface area contributed by atoms with E-state index in [0.717, 1.165) is 5.69 Å². The fraction of sp³-hybridized carbons (Fsp3) is 0.231. The minimum absolute atomic E-state index is 0.267. The third-order valence-corrected chi connectivity index (χ3v) is 2.52. The quantitative estimate of drug-likeness (QED) is 0.907. The normalized spacial score (nSPS) is 10.4. The molecule has 0 atom stereocenters. The van der Waals surface area contributed by atoms with Crippen molar-refractivity contribution in [1.82, 2.24) is 10.3 Å². The van der Waals surface area contributed by atoms with E-state index in [1.54, 1.807) is 6.92 Å². The first-order chi connectivity index (χ1) is 8.56. The highest BCUT2D eigenvalue weighted by molar-refractivity contribution is 5.94. The first kappa shape index (κ1) is 12.3. The minimum atomic E-state index is -0.367. The molecule has 0 aliphatic carbocycles. The molecule has 0 aliphatic rings. The highest BCUT2D eigenvalue weighted by Crippen LogP contribution is 2.09. The molecule has 1 aromatic carbocycles. The van der Waals surface area contributed by atoms with Gasteiger partial charge in [-0.05, 0) is 31.2 Å². The van der Waals surface area contributed by atoms with Crippen LogP contribution in [0.15, 0.2) is 28.7 Å². The summed E-state index contributed by atoms with van der Waals surface area (Å²) in [5, 5.41) is 2.69. The van der Waals surface area contributed by atoms with Crippen LogP contribution in [0.4, 0.5) is 4.39 Å². The fourth-order valence-corrected chi connectivity index (χ4v) is 1.60. The molecule has 94 valence electrons. The number of halogens is 1. The van der Waals surface area contributed by atoms with Crippen LogP contribution >= 0.6 is 0 Å². The van der Waals surface area contributed by atoms with Gasteiger partial charge in [0.25, 0.3) is 5.91 Å². The molecule has 0 unspecified atom stereocenters. The monoisotopic (exact) mass is 248 g/mol. The lowest BCUT2D eigenvalue weighted by Crippen LogP contribution is -2.22. The summed E-state index contributed by atoms with van der Waals surface area (Å²) in [5.74, 6) is 0.554. The van der Waals surface area contributed by atoms with Crippen LogP contribution in [-0.4, -0.2) is 10.9 Å². The van der Waals surface area contributed by atoms with E-state index in [9.17, 15) is 9.18 Å². The van der Waals surface area contributed by atoms with Crippen molar-refractivity contribution in [3.05, 3.63) is 53.0 Å². The van der Waals surface area contributed by atoms with Crippen LogP contribution in [0.5, 0.6) is 0 Å². The third kappa shape index (κ3) is 2.74. The summed E-state index contributed by atoms with van der Waals surface area (Å²) in [6.07, 6.45) is 0. The van der Waals surface area contributed by atoms with Gasteiger partial charge in [-0.3, -0.25) is 4.79 Å². The molecule has 0 spiro atoms. The van der Waals surface area contributed by atoms with Crippen molar-refractivity contribution < 1.29 is 13.6 Å². The second-order valence-electron chi connectivity index (χ2n) is 3.93. The second kappa shape index (κ2) is 5.00. The molecule has 1 heterocycles. The molecule has 1 amide bonds. The molecule has 0 fully saturated rings. The van der Waals surface area contributed by atoms with Crippen LogP contribution in [-0.2, 0) is 6.54 Å². The molecule has 2 aromatic rings. The van der Waals surface area contributed by atoms with Gasteiger partial charge in [-0.1, -0.05) is 0 Å². The average molecular weight is 248 g/mol. The van der Waals surface area contributed by atoms with Crippen molar-refractivity contribution in [1.29, 1.82) is 0 Å². The number of benzene rings is 1. The molecule has 1 aromatic heterocycles. The number of amides is 1. The van der Waals surface area contributed by atoms with Crippen LogP contribution in [0.2, 0.25) is 0 Å². The summed E-state index contributed by atoms with van der Waals surface area (Å²) in [6, 6.07) is 5.36. The summed E-state index contributed by atoms with van der Waals surface area (Å²) in [7, 11) is 0. The van der Waals surface area contributed by atoms with Gasteiger partial charge < -0.3 is 9.73 Å². The van der Waals surface area contributed by atoms with E-state index in [-0.39, 0.29) is 18.3 Å². The lowest BCUT2D eigenvalue weighted by atomic mass is 10.2. The number of hydrogen-bond acceptors (Lipinski definition) is 3. The predicted molar refractivity (Wildman–Crippen MR) is 63.5 cm³/mol. The summed E-state index contributed by atoms with van der Waals surface area (Å²) < 4.78 is 18.0. The van der Waals surface area contributed by atoms with Crippen LogP contribution in [0, 0.1) is 19.7 Å². The van der Waals surface area contributed by atoms with Crippen LogP contribution in [0.25, 0.3) is 0 Å². The molecule has 0 aliphatic heterocycles. The molecule has 0 saturated carbocycles. The predicted octanol–water partition coefficient (Wildman–Crippen LogP) is 2.36. The van der Waals surface area contributed by atoms with E-state index in [1.165, 1.54) is 24.3 Å². The fourth-order valence-electron chi connectivity index (χ4n) is 1.60. The zero-order valence-electron chi connectivity index (χ0n) is 10.2. The Morgan fingerprint density at radius 1 is 1.33 bits per heavy atom. The van der Waals surface area contributed by atoms with Gasteiger partial charge in [0.1, 0.15) is 11.6 Å². The van der Waals surface area contributed by atoms with Crippen molar-refractivity contribution in [3.8, 4) is 0 Å². The van der Waals surface area contributed by atoms with Crippen LogP contribution in [0.3, 0.4) is 0 Å². The standard InChI is InChI=1S/C13H13FN2O2/c1-8-12(18-9(2)16-8)7-15-13(17)10-3-5-11(14)6-4-10/h3-6H,7H2,1-2H3,(H,15,17). The highest BCUT2D eigenvalue weighted by Gasteiger charge is 2.09. The molecule has 2 rings (SSSR count). The van der Waals surface area contributed by atoms with Gasteiger partial charge >= 0.3 is 0 Å². The molecule has 4 nitrogen and oxygen atoms in total. The Hall–Kier alpha value is -2.17. The van der Waals surface area contributed by atoms with E-state index in [4.69, 9.17) is 4.42 Å². The van der Waals surface area contributed by atoms with Crippen molar-refractivity contribution in [2.45, 2.75) is 20.4 Å². The molecule has 0 saturated heterocycles. The van der Waals surface area contributed by atoms with Crippen molar-refractivity contribution in [2.75, 3.05) is 0 Å². The summed E-state index contributed by atoms with van der Waals surface area (Å²) in [6.45, 7) is 3.83. The Morgan fingerprint density at radius 3 is 2.56 bits per heavy atom. The maximum absolute atomic E-state index is 12.7. The number of nitrogens with zero attached hydrogens (tertiary/aromatic N) is 1. The van der Waals surface area contributed by atoms with Gasteiger partial charge in [-0.2, -0.15) is 0 Å². The second-order valence-corrected chi connectivity index (χ2v) is 3.93. The Bertz CT molecular complexity index is 561. The first-order valence-corrected chi connectivity index (χ1v) is 5.53. The first-order valence-electron chi connectivity index (χ1n) is 5.53. The molecule has 0 bridgehead atoms. The van der Waals surface area contributed by atoms with Gasteiger partial charge in [-0.25, -0.2) is 9.37 Å². The molecular formula is C13H13FN2O2. The van der Waals surface area contributed by atoms with Gasteiger partial charge in [-0.15, -0.1) is 0 Å². The van der Waals surface area contributed by atoms with Gasteiger partial charge in [0.15, 0.2) is 5.89 Å². The third-order valence-electron chi connectivity index (χ3n) is 2.52. The lowest BCUT2D eigenvalue weighted by Gasteiger charge is -2.03. The van der Waals surface area contributed by atoms with Gasteiger partial charge in [0.05, 0.1) is 12.2 Å². The summed E-state index contributed by atoms with van der Waals surface area (Å²) in [5.41, 5.74) is 1.16.